The number of aryl methyl sites for hydroxylation is 2. The van der Waals surface area contributed by atoms with Crippen molar-refractivity contribution in [1.82, 2.24) is 4.98 Å². The minimum Gasteiger partial charge on any atom is -0.363 e. The molecule has 1 aliphatic rings. The van der Waals surface area contributed by atoms with Crippen molar-refractivity contribution in [2.45, 2.75) is 32.2 Å². The molecular formula is C16H16FN3O2. The maximum Gasteiger partial charge on any atom is 0.290 e. The summed E-state index contributed by atoms with van der Waals surface area (Å²) in [4.78, 5) is 14.5. The van der Waals surface area contributed by atoms with Crippen LogP contribution >= 0.6 is 0 Å². The molecule has 0 saturated carbocycles. The van der Waals surface area contributed by atoms with Gasteiger partial charge in [0.25, 0.3) is 5.69 Å². The van der Waals surface area contributed by atoms with Gasteiger partial charge in [-0.15, -0.1) is 0 Å². The second-order valence-corrected chi connectivity index (χ2v) is 5.55. The van der Waals surface area contributed by atoms with Crippen LogP contribution in [0.4, 0.5) is 15.9 Å². The summed E-state index contributed by atoms with van der Waals surface area (Å²) in [7, 11) is 0. The largest absolute Gasteiger partial charge is 0.363 e. The highest BCUT2D eigenvalue weighted by molar-refractivity contribution is 5.49. The Hall–Kier alpha value is -2.50. The maximum absolute atomic E-state index is 13.5. The van der Waals surface area contributed by atoms with E-state index in [1.165, 1.54) is 12.3 Å². The third-order valence-corrected chi connectivity index (χ3v) is 4.02. The molecule has 0 radical (unpaired) electrons. The van der Waals surface area contributed by atoms with E-state index in [1.807, 2.05) is 6.07 Å². The van der Waals surface area contributed by atoms with Gasteiger partial charge in [-0.05, 0) is 55.5 Å². The van der Waals surface area contributed by atoms with E-state index in [9.17, 15) is 14.5 Å². The second-order valence-electron chi connectivity index (χ2n) is 5.55. The van der Waals surface area contributed by atoms with Crippen LogP contribution in [0.3, 0.4) is 0 Å². The van der Waals surface area contributed by atoms with Crippen molar-refractivity contribution >= 4 is 11.5 Å². The molecule has 5 nitrogen and oxygen atoms in total. The van der Waals surface area contributed by atoms with Crippen LogP contribution in [0.5, 0.6) is 0 Å². The Balaban J connectivity index is 1.87. The van der Waals surface area contributed by atoms with E-state index in [-0.39, 0.29) is 17.5 Å². The zero-order valence-electron chi connectivity index (χ0n) is 12.2. The van der Waals surface area contributed by atoms with Gasteiger partial charge in [-0.1, -0.05) is 6.07 Å². The first-order valence-electron chi connectivity index (χ1n) is 7.20. The first-order valence-corrected chi connectivity index (χ1v) is 7.20. The zero-order valence-corrected chi connectivity index (χ0v) is 12.2. The molecule has 0 saturated heterocycles. The van der Waals surface area contributed by atoms with Crippen molar-refractivity contribution in [2.24, 2.45) is 0 Å². The smallest absolute Gasteiger partial charge is 0.290 e. The van der Waals surface area contributed by atoms with Crippen LogP contribution in [0.2, 0.25) is 0 Å². The SMILES string of the molecule is Cc1cc(NC2CCCc3ccc(F)cc32)ncc1[N+](=O)[O-]. The number of pyridine rings is 1. The minimum absolute atomic E-state index is 0.000591. The van der Waals surface area contributed by atoms with Crippen molar-refractivity contribution < 1.29 is 9.31 Å². The number of benzene rings is 1. The third kappa shape index (κ3) is 2.77. The molecule has 1 heterocycles. The Morgan fingerprint density at radius 1 is 1.41 bits per heavy atom. The quantitative estimate of drug-likeness (QED) is 0.689. The van der Waals surface area contributed by atoms with Crippen LogP contribution in [-0.2, 0) is 6.42 Å². The standard InChI is InChI=1S/C16H16FN3O2/c1-10-7-16(18-9-15(10)20(21)22)19-14-4-2-3-11-5-6-12(17)8-13(11)14/h5-9,14H,2-4H2,1H3,(H,18,19). The fourth-order valence-corrected chi connectivity index (χ4v) is 2.92. The molecule has 1 unspecified atom stereocenters. The number of halogens is 1. The van der Waals surface area contributed by atoms with Crippen molar-refractivity contribution in [2.75, 3.05) is 5.32 Å². The number of anilines is 1. The molecule has 1 atom stereocenters. The van der Waals surface area contributed by atoms with Gasteiger partial charge in [-0.3, -0.25) is 10.1 Å². The van der Waals surface area contributed by atoms with Gasteiger partial charge in [0.2, 0.25) is 0 Å². The number of nitro groups is 1. The number of aromatic nitrogens is 1. The first-order chi connectivity index (χ1) is 10.5. The monoisotopic (exact) mass is 301 g/mol. The highest BCUT2D eigenvalue weighted by Crippen LogP contribution is 2.33. The third-order valence-electron chi connectivity index (χ3n) is 4.02. The van der Waals surface area contributed by atoms with Crippen molar-refractivity contribution in [3.05, 3.63) is 63.1 Å². The Morgan fingerprint density at radius 3 is 2.95 bits per heavy atom. The van der Waals surface area contributed by atoms with Crippen molar-refractivity contribution in [1.29, 1.82) is 0 Å². The lowest BCUT2D eigenvalue weighted by Gasteiger charge is -2.27. The van der Waals surface area contributed by atoms with E-state index in [0.29, 0.717) is 11.4 Å². The van der Waals surface area contributed by atoms with Gasteiger partial charge in [-0.25, -0.2) is 9.37 Å². The Morgan fingerprint density at radius 2 is 2.23 bits per heavy atom. The maximum atomic E-state index is 13.5. The van der Waals surface area contributed by atoms with Gasteiger partial charge in [0.05, 0.1) is 11.0 Å². The lowest BCUT2D eigenvalue weighted by Crippen LogP contribution is -2.18. The number of hydrogen-bond donors (Lipinski definition) is 1. The normalized spacial score (nSPS) is 16.9. The van der Waals surface area contributed by atoms with Gasteiger partial charge in [0.1, 0.15) is 17.8 Å². The molecule has 3 rings (SSSR count). The molecule has 0 aliphatic heterocycles. The lowest BCUT2D eigenvalue weighted by molar-refractivity contribution is -0.385. The van der Waals surface area contributed by atoms with E-state index in [4.69, 9.17) is 0 Å². The molecule has 22 heavy (non-hydrogen) atoms. The van der Waals surface area contributed by atoms with E-state index in [2.05, 4.69) is 10.3 Å². The molecule has 1 N–H and O–H groups in total. The van der Waals surface area contributed by atoms with Crippen LogP contribution in [0.15, 0.2) is 30.5 Å². The summed E-state index contributed by atoms with van der Waals surface area (Å²) in [5.74, 6) is 0.325. The molecule has 6 heteroatoms. The fraction of sp³-hybridized carbons (Fsp3) is 0.312. The summed E-state index contributed by atoms with van der Waals surface area (Å²) in [6.45, 7) is 1.68. The van der Waals surface area contributed by atoms with Gasteiger partial charge >= 0.3 is 0 Å². The zero-order chi connectivity index (χ0) is 15.7. The van der Waals surface area contributed by atoms with Gasteiger partial charge in [0, 0.05) is 5.56 Å². The Bertz CT molecular complexity index is 733. The number of nitrogens with one attached hydrogen (secondary N) is 1. The molecular weight excluding hydrogens is 285 g/mol. The van der Waals surface area contributed by atoms with Crippen LogP contribution in [0.1, 0.15) is 35.6 Å². The van der Waals surface area contributed by atoms with Crippen LogP contribution < -0.4 is 5.32 Å². The van der Waals surface area contributed by atoms with Crippen molar-refractivity contribution in [3.8, 4) is 0 Å². The lowest BCUT2D eigenvalue weighted by atomic mass is 9.87. The minimum atomic E-state index is -0.447. The molecule has 0 amide bonds. The van der Waals surface area contributed by atoms with Gasteiger partial charge in [0.15, 0.2) is 0 Å². The van der Waals surface area contributed by atoms with Gasteiger partial charge < -0.3 is 5.32 Å². The molecule has 1 aromatic heterocycles. The summed E-state index contributed by atoms with van der Waals surface area (Å²) in [5.41, 5.74) is 2.64. The molecule has 0 fully saturated rings. The molecule has 114 valence electrons. The van der Waals surface area contributed by atoms with E-state index < -0.39 is 4.92 Å². The number of nitrogens with zero attached hydrogens (tertiary/aromatic N) is 2. The summed E-state index contributed by atoms with van der Waals surface area (Å²) in [5, 5.41) is 14.1. The number of fused-ring (bicyclic) bond motifs is 1. The number of rotatable bonds is 3. The predicted octanol–water partition coefficient (Wildman–Crippen LogP) is 3.93. The average molecular weight is 301 g/mol. The highest BCUT2D eigenvalue weighted by Gasteiger charge is 2.21. The first kappa shape index (κ1) is 14.4. The van der Waals surface area contributed by atoms with Gasteiger partial charge in [-0.2, -0.15) is 0 Å². The van der Waals surface area contributed by atoms with E-state index >= 15 is 0 Å². The topological polar surface area (TPSA) is 68.1 Å². The second kappa shape index (κ2) is 5.71. The summed E-state index contributed by atoms with van der Waals surface area (Å²) < 4.78 is 13.5. The Kier molecular flexibility index (Phi) is 3.75. The number of hydrogen-bond acceptors (Lipinski definition) is 4. The molecule has 1 aliphatic carbocycles. The summed E-state index contributed by atoms with van der Waals surface area (Å²) in [6, 6.07) is 6.51. The van der Waals surface area contributed by atoms with Crippen LogP contribution in [0.25, 0.3) is 0 Å². The Labute approximate surface area is 127 Å². The average Bonchev–Trinajstić information content (AvgIpc) is 2.47. The van der Waals surface area contributed by atoms with E-state index in [0.717, 1.165) is 30.4 Å². The fourth-order valence-electron chi connectivity index (χ4n) is 2.92. The van der Waals surface area contributed by atoms with Crippen molar-refractivity contribution in [3.63, 3.8) is 0 Å². The molecule has 0 spiro atoms. The molecule has 1 aromatic carbocycles. The predicted molar refractivity (Wildman–Crippen MR) is 81.3 cm³/mol. The van der Waals surface area contributed by atoms with E-state index in [1.54, 1.807) is 19.1 Å². The summed E-state index contributed by atoms with van der Waals surface area (Å²) >= 11 is 0. The van der Waals surface area contributed by atoms with Crippen LogP contribution in [-0.4, -0.2) is 9.91 Å². The van der Waals surface area contributed by atoms with Crippen LogP contribution in [0, 0.1) is 22.9 Å². The summed E-state index contributed by atoms with van der Waals surface area (Å²) in [6.07, 6.45) is 4.10. The highest BCUT2D eigenvalue weighted by atomic mass is 19.1. The molecule has 2 aromatic rings. The molecule has 0 bridgehead atoms.